The van der Waals surface area contributed by atoms with E-state index in [1.54, 1.807) is 34.1 Å². The Kier molecular flexibility index (Phi) is 5.34. The highest BCUT2D eigenvalue weighted by atomic mass is 19.3. The van der Waals surface area contributed by atoms with E-state index >= 15 is 0 Å². The molecule has 162 valence electrons. The first-order valence-corrected chi connectivity index (χ1v) is 9.88. The average molecular weight is 429 g/mol. The average Bonchev–Trinajstić information content (AvgIpc) is 3.04. The van der Waals surface area contributed by atoms with Crippen LogP contribution < -0.4 is 15.0 Å². The minimum atomic E-state index is -2.92. The number of ether oxygens (including phenoxy) is 1. The largest absolute Gasteiger partial charge is 0.435 e. The Bertz CT molecular complexity index is 1030. The molecule has 2 heterocycles. The minimum absolute atomic E-state index is 0.00973. The molecule has 9 heteroatoms. The van der Waals surface area contributed by atoms with Gasteiger partial charge in [0, 0.05) is 25.1 Å². The fraction of sp³-hybridized carbons (Fsp3) is 0.318. The van der Waals surface area contributed by atoms with E-state index < -0.39 is 12.3 Å². The van der Waals surface area contributed by atoms with Gasteiger partial charge in [-0.15, -0.1) is 0 Å². The van der Waals surface area contributed by atoms with Crippen LogP contribution in [0.5, 0.6) is 5.75 Å². The molecule has 4 rings (SSSR count). The Morgan fingerprint density at radius 3 is 2.58 bits per heavy atom. The van der Waals surface area contributed by atoms with Gasteiger partial charge in [-0.2, -0.15) is 8.78 Å². The molecule has 2 aromatic carbocycles. The van der Waals surface area contributed by atoms with E-state index in [2.05, 4.69) is 10.1 Å². The first-order chi connectivity index (χ1) is 14.8. The number of para-hydroxylation sites is 1. The van der Waals surface area contributed by atoms with Crippen LogP contribution in [-0.4, -0.2) is 41.4 Å². The fourth-order valence-corrected chi connectivity index (χ4v) is 4.20. The van der Waals surface area contributed by atoms with Crippen molar-refractivity contribution in [3.8, 4) is 5.75 Å². The summed E-state index contributed by atoms with van der Waals surface area (Å²) < 4.78 is 28.7. The first-order valence-electron chi connectivity index (χ1n) is 9.88. The SMILES string of the molecule is CC12CCC(=O)N1c1ccccc1C(=O)N2CCC(=O)Nc1ccc(OC(F)F)cc1. The van der Waals surface area contributed by atoms with Gasteiger partial charge in [-0.25, -0.2) is 0 Å². The van der Waals surface area contributed by atoms with E-state index in [-0.39, 0.29) is 36.4 Å². The molecule has 1 saturated heterocycles. The molecule has 0 bridgehead atoms. The van der Waals surface area contributed by atoms with Crippen molar-refractivity contribution in [3.63, 3.8) is 0 Å². The lowest BCUT2D eigenvalue weighted by atomic mass is 9.98. The number of benzene rings is 2. The normalized spacial score (nSPS) is 20.0. The Hall–Kier alpha value is -3.49. The molecule has 0 saturated carbocycles. The van der Waals surface area contributed by atoms with Crippen LogP contribution in [0.4, 0.5) is 20.2 Å². The molecule has 31 heavy (non-hydrogen) atoms. The van der Waals surface area contributed by atoms with Crippen molar-refractivity contribution in [2.24, 2.45) is 0 Å². The molecular formula is C22H21F2N3O4. The summed E-state index contributed by atoms with van der Waals surface area (Å²) >= 11 is 0. The molecule has 2 aliphatic rings. The van der Waals surface area contributed by atoms with Crippen molar-refractivity contribution < 1.29 is 27.9 Å². The van der Waals surface area contributed by atoms with Gasteiger partial charge in [-0.3, -0.25) is 19.3 Å². The zero-order chi connectivity index (χ0) is 22.2. The summed E-state index contributed by atoms with van der Waals surface area (Å²) in [5.41, 5.74) is 0.636. The Morgan fingerprint density at radius 2 is 1.87 bits per heavy atom. The molecule has 2 aromatic rings. The predicted octanol–water partition coefficient (Wildman–Crippen LogP) is 3.62. The summed E-state index contributed by atoms with van der Waals surface area (Å²) in [5, 5.41) is 2.68. The molecule has 7 nitrogen and oxygen atoms in total. The van der Waals surface area contributed by atoms with E-state index in [9.17, 15) is 23.2 Å². The van der Waals surface area contributed by atoms with Gasteiger partial charge in [0.05, 0.1) is 11.3 Å². The summed E-state index contributed by atoms with van der Waals surface area (Å²) in [6, 6.07) is 12.5. The van der Waals surface area contributed by atoms with Crippen molar-refractivity contribution in [1.82, 2.24) is 4.90 Å². The van der Waals surface area contributed by atoms with Crippen molar-refractivity contribution in [2.45, 2.75) is 38.5 Å². The molecule has 1 fully saturated rings. The van der Waals surface area contributed by atoms with Crippen molar-refractivity contribution in [1.29, 1.82) is 0 Å². The number of hydrogen-bond donors (Lipinski definition) is 1. The standard InChI is InChI=1S/C22H21F2N3O4/c1-22-12-10-19(29)27(22)17-5-3-2-4-16(17)20(30)26(22)13-11-18(28)25-14-6-8-15(9-7-14)31-21(23)24/h2-9,21H,10-13H2,1H3,(H,25,28). The highest BCUT2D eigenvalue weighted by molar-refractivity contribution is 6.10. The predicted molar refractivity (Wildman–Crippen MR) is 109 cm³/mol. The van der Waals surface area contributed by atoms with Crippen molar-refractivity contribution in [2.75, 3.05) is 16.8 Å². The van der Waals surface area contributed by atoms with Gasteiger partial charge in [0.15, 0.2) is 0 Å². The van der Waals surface area contributed by atoms with Gasteiger partial charge < -0.3 is 15.0 Å². The topological polar surface area (TPSA) is 79.0 Å². The number of carbonyl (C=O) groups excluding carboxylic acids is 3. The third kappa shape index (κ3) is 3.83. The summed E-state index contributed by atoms with van der Waals surface area (Å²) in [5.74, 6) is -0.619. The van der Waals surface area contributed by atoms with E-state index in [0.717, 1.165) is 0 Å². The van der Waals surface area contributed by atoms with Gasteiger partial charge >= 0.3 is 6.61 Å². The molecule has 0 aromatic heterocycles. The molecule has 0 aliphatic carbocycles. The van der Waals surface area contributed by atoms with Crippen LogP contribution in [0.1, 0.15) is 36.5 Å². The Balaban J connectivity index is 1.46. The third-order valence-electron chi connectivity index (χ3n) is 5.67. The number of anilines is 2. The molecule has 0 spiro atoms. The maximum absolute atomic E-state index is 13.1. The first kappa shape index (κ1) is 20.8. The number of fused-ring (bicyclic) bond motifs is 3. The number of nitrogens with one attached hydrogen (secondary N) is 1. The van der Waals surface area contributed by atoms with Crippen LogP contribution in [0.3, 0.4) is 0 Å². The van der Waals surface area contributed by atoms with Gasteiger partial charge in [0.2, 0.25) is 11.8 Å². The smallest absolute Gasteiger partial charge is 0.387 e. The lowest BCUT2D eigenvalue weighted by Crippen LogP contribution is -2.62. The Morgan fingerprint density at radius 1 is 1.16 bits per heavy atom. The second-order valence-corrected chi connectivity index (χ2v) is 7.62. The number of rotatable bonds is 6. The maximum atomic E-state index is 13.1. The number of nitrogens with zero attached hydrogens (tertiary/aromatic N) is 2. The number of halogens is 2. The van der Waals surface area contributed by atoms with Gasteiger partial charge in [-0.05, 0) is 49.7 Å². The number of carbonyl (C=O) groups is 3. The second-order valence-electron chi connectivity index (χ2n) is 7.62. The van der Waals surface area contributed by atoms with Crippen LogP contribution in [0.2, 0.25) is 0 Å². The van der Waals surface area contributed by atoms with E-state index in [0.29, 0.717) is 29.8 Å². The zero-order valence-corrected chi connectivity index (χ0v) is 16.8. The van der Waals surface area contributed by atoms with Crippen LogP contribution in [0, 0.1) is 0 Å². The molecule has 3 amide bonds. The molecule has 1 atom stereocenters. The summed E-state index contributed by atoms with van der Waals surface area (Å²) in [6.07, 6.45) is 0.827. The quantitative estimate of drug-likeness (QED) is 0.761. The van der Waals surface area contributed by atoms with Crippen molar-refractivity contribution >= 4 is 29.1 Å². The van der Waals surface area contributed by atoms with Crippen LogP contribution in [0.15, 0.2) is 48.5 Å². The zero-order valence-electron chi connectivity index (χ0n) is 16.8. The van der Waals surface area contributed by atoms with Gasteiger partial charge in [0.25, 0.3) is 5.91 Å². The highest BCUT2D eigenvalue weighted by Crippen LogP contribution is 2.43. The monoisotopic (exact) mass is 429 g/mol. The van der Waals surface area contributed by atoms with Crippen molar-refractivity contribution in [3.05, 3.63) is 54.1 Å². The van der Waals surface area contributed by atoms with E-state index in [1.165, 1.54) is 24.3 Å². The lowest BCUT2D eigenvalue weighted by molar-refractivity contribution is -0.117. The molecule has 1 N–H and O–H groups in total. The minimum Gasteiger partial charge on any atom is -0.435 e. The Labute approximate surface area is 177 Å². The molecule has 1 unspecified atom stereocenters. The second kappa shape index (κ2) is 7.98. The fourth-order valence-electron chi connectivity index (χ4n) is 4.20. The molecular weight excluding hydrogens is 408 g/mol. The highest BCUT2D eigenvalue weighted by Gasteiger charge is 2.52. The molecule has 2 aliphatic heterocycles. The maximum Gasteiger partial charge on any atom is 0.387 e. The number of amides is 3. The number of hydrogen-bond acceptors (Lipinski definition) is 4. The van der Waals surface area contributed by atoms with Crippen LogP contribution >= 0.6 is 0 Å². The van der Waals surface area contributed by atoms with Crippen LogP contribution in [0.25, 0.3) is 0 Å². The molecule has 0 radical (unpaired) electrons. The van der Waals surface area contributed by atoms with Gasteiger partial charge in [0.1, 0.15) is 11.4 Å². The van der Waals surface area contributed by atoms with Gasteiger partial charge in [-0.1, -0.05) is 12.1 Å². The summed E-state index contributed by atoms with van der Waals surface area (Å²) in [4.78, 5) is 41.4. The summed E-state index contributed by atoms with van der Waals surface area (Å²) in [6.45, 7) is -0.951. The summed E-state index contributed by atoms with van der Waals surface area (Å²) in [7, 11) is 0. The lowest BCUT2D eigenvalue weighted by Gasteiger charge is -2.48. The third-order valence-corrected chi connectivity index (χ3v) is 5.67. The number of alkyl halides is 2. The van der Waals surface area contributed by atoms with E-state index in [4.69, 9.17) is 0 Å². The van der Waals surface area contributed by atoms with E-state index in [1.807, 2.05) is 6.92 Å². The van der Waals surface area contributed by atoms with Crippen LogP contribution in [-0.2, 0) is 9.59 Å².